The number of Topliss-reactive ketones (excluding diaryl/α,β-unsaturated/α-hetero) is 1. The smallest absolute Gasteiger partial charge is 0.255 e. The number of anilines is 2. The van der Waals surface area contributed by atoms with E-state index in [2.05, 4.69) is 27.7 Å². The molecule has 2 atom stereocenters. The predicted octanol–water partition coefficient (Wildman–Crippen LogP) is 7.75. The lowest BCUT2D eigenvalue weighted by Crippen LogP contribution is -2.42. The van der Waals surface area contributed by atoms with Gasteiger partial charge in [-0.1, -0.05) is 30.3 Å². The summed E-state index contributed by atoms with van der Waals surface area (Å²) in [7, 11) is 1.64. The first-order valence-corrected chi connectivity index (χ1v) is 26.3. The number of hydrogen-bond acceptors (Lipinski definition) is 13. The molecule has 3 aromatic carbocycles. The van der Waals surface area contributed by atoms with Gasteiger partial charge in [-0.25, -0.2) is 0 Å². The lowest BCUT2D eigenvalue weighted by Gasteiger charge is -2.32. The van der Waals surface area contributed by atoms with Gasteiger partial charge in [-0.3, -0.25) is 24.2 Å². The van der Waals surface area contributed by atoms with E-state index in [1.165, 1.54) is 12.0 Å². The van der Waals surface area contributed by atoms with Crippen molar-refractivity contribution in [1.82, 2.24) is 15.2 Å². The predicted molar refractivity (Wildman–Crippen MR) is 279 cm³/mol. The number of nitrogens with zero attached hydrogens (tertiary/aromatic N) is 3. The average molecular weight is 1010 g/mol. The summed E-state index contributed by atoms with van der Waals surface area (Å²) in [6.07, 6.45) is 10.3. The third kappa shape index (κ3) is 17.5. The highest BCUT2D eigenvalue weighted by atomic mass is 16.6. The van der Waals surface area contributed by atoms with Gasteiger partial charge in [-0.05, 0) is 117 Å². The molecule has 3 aliphatic rings. The van der Waals surface area contributed by atoms with Crippen LogP contribution < -0.4 is 15.5 Å². The number of piperidine rings is 2. The topological polar surface area (TPSA) is 176 Å². The Morgan fingerprint density at radius 3 is 1.99 bits per heavy atom. The molecule has 0 bridgehead atoms. The number of aromatic nitrogens is 1. The second kappa shape index (κ2) is 30.6. The summed E-state index contributed by atoms with van der Waals surface area (Å²) in [6, 6.07) is 24.4. The summed E-state index contributed by atoms with van der Waals surface area (Å²) < 4.78 is 38.0. The van der Waals surface area contributed by atoms with Crippen molar-refractivity contribution >= 4 is 34.9 Å². The van der Waals surface area contributed by atoms with Crippen molar-refractivity contribution in [3.63, 3.8) is 0 Å². The molecular weight excluding hydrogens is 931 g/mol. The quantitative estimate of drug-likeness (QED) is 0.0486. The molecule has 2 aliphatic heterocycles. The third-order valence-corrected chi connectivity index (χ3v) is 13.5. The van der Waals surface area contributed by atoms with E-state index in [-0.39, 0.29) is 35.5 Å². The van der Waals surface area contributed by atoms with Gasteiger partial charge in [0.2, 0.25) is 0 Å². The summed E-state index contributed by atoms with van der Waals surface area (Å²) in [5.41, 5.74) is 6.45. The first kappa shape index (κ1) is 55.2. The van der Waals surface area contributed by atoms with Gasteiger partial charge in [0.05, 0.1) is 96.7 Å². The van der Waals surface area contributed by atoms with Crippen molar-refractivity contribution in [2.24, 2.45) is 5.92 Å². The molecule has 0 radical (unpaired) electrons. The standard InChI is InChI=1S/C57H75N5O11/c1-67-27-28-69-31-32-71-35-36-73-38-37-72-34-33-70-30-29-68-26-10-18-54(63)47-15-9-25-62(42-47)57(66)46-14-7-13-44(39-46)55(64)60-52-20-19-48(61-23-5-2-6-24-61)41-50(52)53-40-45(21-22-58-53)56(65)59-51-17-8-12-43-11-3-4-16-49(43)51/h3-4,7,11,13-14,16,19-22,39-41,47,51H,2,5-6,8-10,12,15,17-18,23-38,42H2,1H3,(H,59,65)(H,60,64)/t47-,51-/m0/s1. The molecule has 2 N–H and O–H groups in total. The molecule has 16 nitrogen and oxygen atoms in total. The number of amides is 3. The van der Waals surface area contributed by atoms with Crippen molar-refractivity contribution in [2.75, 3.05) is 129 Å². The maximum atomic E-state index is 14.1. The average Bonchev–Trinajstić information content (AvgIpc) is 3.43. The van der Waals surface area contributed by atoms with E-state index in [0.717, 1.165) is 69.3 Å². The van der Waals surface area contributed by atoms with Crippen LogP contribution in [0.4, 0.5) is 11.4 Å². The van der Waals surface area contributed by atoms with Crippen molar-refractivity contribution in [1.29, 1.82) is 0 Å². The molecule has 0 spiro atoms. The van der Waals surface area contributed by atoms with E-state index in [9.17, 15) is 19.2 Å². The molecule has 394 valence electrons. The molecule has 16 heteroatoms. The van der Waals surface area contributed by atoms with Gasteiger partial charge < -0.3 is 53.6 Å². The molecule has 3 amide bonds. The molecule has 2 saturated heterocycles. The Bertz CT molecular complexity index is 2360. The van der Waals surface area contributed by atoms with Gasteiger partial charge in [-0.15, -0.1) is 0 Å². The van der Waals surface area contributed by atoms with Crippen LogP contribution in [0.2, 0.25) is 0 Å². The van der Waals surface area contributed by atoms with Gasteiger partial charge in [0.15, 0.2) is 0 Å². The van der Waals surface area contributed by atoms with E-state index in [4.69, 9.17) is 38.1 Å². The van der Waals surface area contributed by atoms with Gasteiger partial charge in [0.1, 0.15) is 5.78 Å². The van der Waals surface area contributed by atoms with Crippen molar-refractivity contribution in [3.8, 4) is 11.3 Å². The second-order valence-corrected chi connectivity index (χ2v) is 18.7. The van der Waals surface area contributed by atoms with Gasteiger partial charge in [0, 0.05) is 86.4 Å². The first-order valence-electron chi connectivity index (χ1n) is 26.3. The highest BCUT2D eigenvalue weighted by molar-refractivity contribution is 6.08. The van der Waals surface area contributed by atoms with Gasteiger partial charge in [-0.2, -0.15) is 0 Å². The molecule has 2 fully saturated rings. The van der Waals surface area contributed by atoms with Crippen LogP contribution in [0.1, 0.15) is 106 Å². The molecule has 1 aliphatic carbocycles. The van der Waals surface area contributed by atoms with Crippen molar-refractivity contribution in [2.45, 2.75) is 70.3 Å². The van der Waals surface area contributed by atoms with E-state index in [1.807, 2.05) is 30.3 Å². The number of aryl methyl sites for hydroxylation is 1. The van der Waals surface area contributed by atoms with Crippen LogP contribution in [0.25, 0.3) is 11.3 Å². The number of nitrogens with one attached hydrogen (secondary N) is 2. The number of hydrogen-bond donors (Lipinski definition) is 2. The lowest BCUT2D eigenvalue weighted by molar-refractivity contribution is -0.124. The number of benzene rings is 3. The number of ether oxygens (including phenoxy) is 7. The molecule has 73 heavy (non-hydrogen) atoms. The van der Waals surface area contributed by atoms with Crippen molar-refractivity contribution < 1.29 is 52.3 Å². The van der Waals surface area contributed by atoms with Crippen LogP contribution in [0.15, 0.2) is 85.1 Å². The molecule has 7 rings (SSSR count). The monoisotopic (exact) mass is 1010 g/mol. The Morgan fingerprint density at radius 2 is 1.27 bits per heavy atom. The number of carbonyl (C=O) groups is 4. The van der Waals surface area contributed by atoms with E-state index >= 15 is 0 Å². The van der Waals surface area contributed by atoms with Crippen LogP contribution in [-0.4, -0.2) is 153 Å². The zero-order valence-electron chi connectivity index (χ0n) is 42.7. The summed E-state index contributed by atoms with van der Waals surface area (Å²) in [5, 5.41) is 6.38. The van der Waals surface area contributed by atoms with E-state index < -0.39 is 0 Å². The fraction of sp³-hybridized carbons (Fsp3) is 0.526. The largest absolute Gasteiger partial charge is 0.382 e. The SMILES string of the molecule is COCCOCCOCCOCCOCCOCCOCCCC(=O)[C@H]1CCCN(C(=O)c2cccc(C(=O)Nc3ccc(N4CCCCC4)cc3-c3cc(C(=O)N[C@H]4CCCc5ccccc54)ccn3)c2)C1. The Balaban J connectivity index is 0.843. The second-order valence-electron chi connectivity index (χ2n) is 18.7. The summed E-state index contributed by atoms with van der Waals surface area (Å²) in [4.78, 5) is 63.9. The molecule has 3 heterocycles. The highest BCUT2D eigenvalue weighted by Gasteiger charge is 2.29. The zero-order valence-corrected chi connectivity index (χ0v) is 42.7. The summed E-state index contributed by atoms with van der Waals surface area (Å²) in [6.45, 7) is 9.08. The number of methoxy groups -OCH3 is 1. The van der Waals surface area contributed by atoms with Crippen LogP contribution >= 0.6 is 0 Å². The Kier molecular flexibility index (Phi) is 23.1. The van der Waals surface area contributed by atoms with Gasteiger partial charge >= 0.3 is 0 Å². The minimum absolute atomic E-state index is 0.0713. The first-order chi connectivity index (χ1) is 35.9. The molecular formula is C57H75N5O11. The molecule has 4 aromatic rings. The summed E-state index contributed by atoms with van der Waals surface area (Å²) in [5.74, 6) is -0.900. The maximum absolute atomic E-state index is 14.1. The Labute approximate surface area is 430 Å². The van der Waals surface area contributed by atoms with Crippen LogP contribution in [0.5, 0.6) is 0 Å². The molecule has 1 aromatic heterocycles. The van der Waals surface area contributed by atoms with Crippen LogP contribution in [0, 0.1) is 5.92 Å². The number of carbonyl (C=O) groups excluding carboxylic acids is 4. The number of pyridine rings is 1. The number of rotatable bonds is 30. The number of ketones is 1. The lowest BCUT2D eigenvalue weighted by atomic mass is 9.87. The minimum Gasteiger partial charge on any atom is -0.382 e. The van der Waals surface area contributed by atoms with Crippen LogP contribution in [0.3, 0.4) is 0 Å². The van der Waals surface area contributed by atoms with E-state index in [1.54, 1.807) is 54.6 Å². The minimum atomic E-state index is -0.381. The van der Waals surface area contributed by atoms with E-state index in [0.29, 0.717) is 145 Å². The normalized spacial score (nSPS) is 16.7. The fourth-order valence-electron chi connectivity index (χ4n) is 9.56. The Morgan fingerprint density at radius 1 is 0.616 bits per heavy atom. The molecule has 0 unspecified atom stereocenters. The molecule has 0 saturated carbocycles. The summed E-state index contributed by atoms with van der Waals surface area (Å²) >= 11 is 0. The highest BCUT2D eigenvalue weighted by Crippen LogP contribution is 2.34. The number of likely N-dealkylation sites (tertiary alicyclic amines) is 1. The van der Waals surface area contributed by atoms with Gasteiger partial charge in [0.25, 0.3) is 17.7 Å². The fourth-order valence-corrected chi connectivity index (χ4v) is 9.56. The maximum Gasteiger partial charge on any atom is 0.255 e. The third-order valence-electron chi connectivity index (χ3n) is 13.5. The Hall–Kier alpha value is -5.59. The van der Waals surface area contributed by atoms with Crippen LogP contribution in [-0.2, 0) is 44.4 Å². The number of fused-ring (bicyclic) bond motifs is 1. The van der Waals surface area contributed by atoms with Crippen molar-refractivity contribution in [3.05, 3.63) is 113 Å². The zero-order chi connectivity index (χ0) is 50.9.